The van der Waals surface area contributed by atoms with Gasteiger partial charge in [0.15, 0.2) is 0 Å². The number of nitrogens with one attached hydrogen (secondary N) is 2. The number of methoxy groups -OCH3 is 1. The van der Waals surface area contributed by atoms with Crippen LogP contribution in [0.15, 0.2) is 24.3 Å². The minimum absolute atomic E-state index is 0.0401. The normalized spacial score (nSPS) is 15.5. The summed E-state index contributed by atoms with van der Waals surface area (Å²) < 4.78 is 4.97. The number of hydrogen-bond donors (Lipinski definition) is 2. The van der Waals surface area contributed by atoms with Crippen LogP contribution in [0.2, 0.25) is 0 Å². The van der Waals surface area contributed by atoms with Crippen molar-refractivity contribution in [2.24, 2.45) is 5.92 Å². The van der Waals surface area contributed by atoms with Crippen LogP contribution in [-0.4, -0.2) is 31.6 Å². The monoisotopic (exact) mass is 276 g/mol. The van der Waals surface area contributed by atoms with Gasteiger partial charge in [-0.2, -0.15) is 0 Å². The fourth-order valence-electron chi connectivity index (χ4n) is 1.89. The van der Waals surface area contributed by atoms with Crippen LogP contribution in [0.3, 0.4) is 0 Å². The maximum atomic E-state index is 11.9. The molecule has 1 aliphatic rings. The minimum atomic E-state index is -0.144. The van der Waals surface area contributed by atoms with Gasteiger partial charge in [0.25, 0.3) is 5.91 Å². The highest BCUT2D eigenvalue weighted by molar-refractivity contribution is 5.96. The third kappa shape index (κ3) is 4.06. The van der Waals surface area contributed by atoms with E-state index in [-0.39, 0.29) is 23.8 Å². The average Bonchev–Trinajstić information content (AvgIpc) is 3.24. The Morgan fingerprint density at radius 1 is 1.30 bits per heavy atom. The molecular weight excluding hydrogens is 256 g/mol. The van der Waals surface area contributed by atoms with Gasteiger partial charge in [-0.05, 0) is 44.0 Å². The van der Waals surface area contributed by atoms with Gasteiger partial charge in [0, 0.05) is 30.3 Å². The SMILES string of the molecule is COCC(C)NC(=O)c1ccc(NC(=O)C2CC2)cc1. The molecular formula is C15H20N2O3. The van der Waals surface area contributed by atoms with E-state index < -0.39 is 0 Å². The molecule has 0 aromatic heterocycles. The molecule has 0 heterocycles. The molecule has 108 valence electrons. The van der Waals surface area contributed by atoms with Crippen molar-refractivity contribution in [3.05, 3.63) is 29.8 Å². The van der Waals surface area contributed by atoms with Gasteiger partial charge in [0.05, 0.1) is 6.61 Å². The lowest BCUT2D eigenvalue weighted by atomic mass is 10.2. The third-order valence-electron chi connectivity index (χ3n) is 3.16. The lowest BCUT2D eigenvalue weighted by molar-refractivity contribution is -0.117. The first-order valence-corrected chi connectivity index (χ1v) is 6.81. The second kappa shape index (κ2) is 6.52. The van der Waals surface area contributed by atoms with E-state index in [2.05, 4.69) is 10.6 Å². The highest BCUT2D eigenvalue weighted by atomic mass is 16.5. The number of carbonyl (C=O) groups is 2. The molecule has 1 aromatic rings. The van der Waals surface area contributed by atoms with Gasteiger partial charge in [-0.1, -0.05) is 0 Å². The van der Waals surface area contributed by atoms with Gasteiger partial charge in [-0.15, -0.1) is 0 Å². The molecule has 0 bridgehead atoms. The number of benzene rings is 1. The Kier molecular flexibility index (Phi) is 4.74. The van der Waals surface area contributed by atoms with Gasteiger partial charge in [0.1, 0.15) is 0 Å². The van der Waals surface area contributed by atoms with E-state index in [1.165, 1.54) is 0 Å². The summed E-state index contributed by atoms with van der Waals surface area (Å²) in [6, 6.07) is 6.86. The lowest BCUT2D eigenvalue weighted by Crippen LogP contribution is -2.35. The van der Waals surface area contributed by atoms with Crippen molar-refractivity contribution in [1.29, 1.82) is 0 Å². The van der Waals surface area contributed by atoms with Crippen molar-refractivity contribution >= 4 is 17.5 Å². The molecule has 0 aliphatic heterocycles. The van der Waals surface area contributed by atoms with E-state index in [9.17, 15) is 9.59 Å². The number of anilines is 1. The zero-order valence-corrected chi connectivity index (χ0v) is 11.8. The Morgan fingerprint density at radius 2 is 1.95 bits per heavy atom. The molecule has 2 amide bonds. The molecule has 1 fully saturated rings. The van der Waals surface area contributed by atoms with Crippen LogP contribution in [0.25, 0.3) is 0 Å². The summed E-state index contributed by atoms with van der Waals surface area (Å²) >= 11 is 0. The van der Waals surface area contributed by atoms with E-state index >= 15 is 0 Å². The average molecular weight is 276 g/mol. The van der Waals surface area contributed by atoms with Crippen molar-refractivity contribution in [2.45, 2.75) is 25.8 Å². The van der Waals surface area contributed by atoms with Crippen LogP contribution < -0.4 is 10.6 Å². The molecule has 1 aliphatic carbocycles. The Labute approximate surface area is 118 Å². The zero-order valence-electron chi connectivity index (χ0n) is 11.8. The molecule has 1 unspecified atom stereocenters. The first-order chi connectivity index (χ1) is 9.60. The smallest absolute Gasteiger partial charge is 0.251 e. The van der Waals surface area contributed by atoms with Crippen LogP contribution in [0.1, 0.15) is 30.1 Å². The summed E-state index contributed by atoms with van der Waals surface area (Å²) in [5.41, 5.74) is 1.29. The van der Waals surface area contributed by atoms with Crippen molar-refractivity contribution in [3.8, 4) is 0 Å². The molecule has 1 saturated carbocycles. The molecule has 5 nitrogen and oxygen atoms in total. The molecule has 0 spiro atoms. The summed E-state index contributed by atoms with van der Waals surface area (Å²) in [7, 11) is 1.60. The lowest BCUT2D eigenvalue weighted by Gasteiger charge is -2.13. The van der Waals surface area contributed by atoms with Crippen molar-refractivity contribution in [2.75, 3.05) is 19.0 Å². The van der Waals surface area contributed by atoms with Gasteiger partial charge in [-0.25, -0.2) is 0 Å². The summed E-state index contributed by atoms with van der Waals surface area (Å²) in [5.74, 6) is 0.0957. The van der Waals surface area contributed by atoms with E-state index in [4.69, 9.17) is 4.74 Å². The summed E-state index contributed by atoms with van der Waals surface area (Å²) in [6.07, 6.45) is 1.95. The molecule has 0 saturated heterocycles. The van der Waals surface area contributed by atoms with E-state index in [0.29, 0.717) is 12.2 Å². The Hall–Kier alpha value is -1.88. The molecule has 1 aromatic carbocycles. The maximum Gasteiger partial charge on any atom is 0.251 e. The first kappa shape index (κ1) is 14.5. The number of rotatable bonds is 6. The zero-order chi connectivity index (χ0) is 14.5. The molecule has 1 atom stereocenters. The number of hydrogen-bond acceptors (Lipinski definition) is 3. The van der Waals surface area contributed by atoms with Crippen LogP contribution in [-0.2, 0) is 9.53 Å². The van der Waals surface area contributed by atoms with E-state index in [1.54, 1.807) is 31.4 Å². The maximum absolute atomic E-state index is 11.9. The quantitative estimate of drug-likeness (QED) is 0.832. The van der Waals surface area contributed by atoms with Gasteiger partial charge < -0.3 is 15.4 Å². The molecule has 0 radical (unpaired) electrons. The number of amides is 2. The first-order valence-electron chi connectivity index (χ1n) is 6.81. The fraction of sp³-hybridized carbons (Fsp3) is 0.467. The summed E-state index contributed by atoms with van der Waals surface area (Å²) in [5, 5.41) is 5.67. The van der Waals surface area contributed by atoms with Crippen LogP contribution in [0.4, 0.5) is 5.69 Å². The van der Waals surface area contributed by atoms with Crippen molar-refractivity contribution in [1.82, 2.24) is 5.32 Å². The summed E-state index contributed by atoms with van der Waals surface area (Å²) in [4.78, 5) is 23.5. The summed E-state index contributed by atoms with van der Waals surface area (Å²) in [6.45, 7) is 2.35. The Bertz CT molecular complexity index is 480. The van der Waals surface area contributed by atoms with Crippen LogP contribution in [0, 0.1) is 5.92 Å². The highest BCUT2D eigenvalue weighted by Gasteiger charge is 2.29. The molecule has 20 heavy (non-hydrogen) atoms. The molecule has 5 heteroatoms. The number of carbonyl (C=O) groups excluding carboxylic acids is 2. The van der Waals surface area contributed by atoms with E-state index in [1.807, 2.05) is 6.92 Å². The Morgan fingerprint density at radius 3 is 2.50 bits per heavy atom. The molecule has 2 N–H and O–H groups in total. The van der Waals surface area contributed by atoms with Crippen molar-refractivity contribution < 1.29 is 14.3 Å². The van der Waals surface area contributed by atoms with Gasteiger partial charge >= 0.3 is 0 Å². The Balaban J connectivity index is 1.89. The third-order valence-corrected chi connectivity index (χ3v) is 3.16. The van der Waals surface area contributed by atoms with Gasteiger partial charge in [-0.3, -0.25) is 9.59 Å². The second-order valence-corrected chi connectivity index (χ2v) is 5.17. The fourth-order valence-corrected chi connectivity index (χ4v) is 1.89. The predicted octanol–water partition coefficient (Wildman–Crippen LogP) is 1.80. The highest BCUT2D eigenvalue weighted by Crippen LogP contribution is 2.30. The largest absolute Gasteiger partial charge is 0.383 e. The topological polar surface area (TPSA) is 67.4 Å². The number of ether oxygens (including phenoxy) is 1. The molecule has 2 rings (SSSR count). The van der Waals surface area contributed by atoms with Crippen molar-refractivity contribution in [3.63, 3.8) is 0 Å². The second-order valence-electron chi connectivity index (χ2n) is 5.17. The van der Waals surface area contributed by atoms with E-state index in [0.717, 1.165) is 18.5 Å². The predicted molar refractivity (Wildman–Crippen MR) is 76.6 cm³/mol. The van der Waals surface area contributed by atoms with Crippen LogP contribution in [0.5, 0.6) is 0 Å². The van der Waals surface area contributed by atoms with Gasteiger partial charge in [0.2, 0.25) is 5.91 Å². The standard InChI is InChI=1S/C15H20N2O3/c1-10(9-20-2)16-14(18)12-5-7-13(8-6-12)17-15(19)11-3-4-11/h5-8,10-11H,3-4,9H2,1-2H3,(H,16,18)(H,17,19). The minimum Gasteiger partial charge on any atom is -0.383 e. The van der Waals surface area contributed by atoms with Crippen LogP contribution >= 0.6 is 0 Å².